The van der Waals surface area contributed by atoms with E-state index >= 15 is 0 Å². The number of hydrazine groups is 1. The van der Waals surface area contributed by atoms with Crippen molar-refractivity contribution in [3.63, 3.8) is 0 Å². The summed E-state index contributed by atoms with van der Waals surface area (Å²) in [6, 6.07) is 9.46. The molecule has 0 radical (unpaired) electrons. The number of carbonyl (C=O) groups excluding carboxylic acids is 3. The average Bonchev–Trinajstić information content (AvgIpc) is 2.65. The number of halogens is 1. The second-order valence-electron chi connectivity index (χ2n) is 6.63. The molecule has 0 aliphatic carbocycles. The maximum atomic E-state index is 13.4. The van der Waals surface area contributed by atoms with Crippen LogP contribution in [0.2, 0.25) is 0 Å². The van der Waals surface area contributed by atoms with E-state index in [-0.39, 0.29) is 18.7 Å². The van der Waals surface area contributed by atoms with Crippen molar-refractivity contribution < 1.29 is 23.5 Å². The second-order valence-corrected chi connectivity index (χ2v) is 6.63. The Bertz CT molecular complexity index is 945. The topological polar surface area (TPSA) is 96.5 Å². The van der Waals surface area contributed by atoms with E-state index in [2.05, 4.69) is 16.2 Å². The van der Waals surface area contributed by atoms with Gasteiger partial charge >= 0.3 is 0 Å². The summed E-state index contributed by atoms with van der Waals surface area (Å²) in [6.07, 6.45) is -0.0979. The SMILES string of the molecule is Cc1ccc(C)c(OCC(=O)NNC(=O)C2CC(=O)Nc3cc(F)ccc32)c1. The monoisotopic (exact) mass is 385 g/mol. The second kappa shape index (κ2) is 8.08. The van der Waals surface area contributed by atoms with Gasteiger partial charge in [0.2, 0.25) is 11.8 Å². The van der Waals surface area contributed by atoms with Crippen molar-refractivity contribution in [1.82, 2.24) is 10.9 Å². The van der Waals surface area contributed by atoms with E-state index in [4.69, 9.17) is 4.74 Å². The molecule has 1 aliphatic rings. The third-order valence-corrected chi connectivity index (χ3v) is 4.40. The number of hydrogen-bond acceptors (Lipinski definition) is 4. The summed E-state index contributed by atoms with van der Waals surface area (Å²) in [4.78, 5) is 36.2. The van der Waals surface area contributed by atoms with Gasteiger partial charge in [0.25, 0.3) is 5.91 Å². The van der Waals surface area contributed by atoms with E-state index < -0.39 is 29.5 Å². The maximum absolute atomic E-state index is 13.4. The standard InChI is InChI=1S/C20H20FN3O4/c1-11-3-4-12(2)17(7-11)28-10-19(26)23-24-20(27)15-9-18(25)22-16-8-13(21)5-6-14(15)16/h3-8,15H,9-10H2,1-2H3,(H,22,25)(H,23,26)(H,24,27). The number of carbonyl (C=O) groups is 3. The molecule has 2 aromatic rings. The number of anilines is 1. The maximum Gasteiger partial charge on any atom is 0.276 e. The number of ether oxygens (including phenoxy) is 1. The quantitative estimate of drug-likeness (QED) is 0.702. The highest BCUT2D eigenvalue weighted by Crippen LogP contribution is 2.32. The first-order valence-corrected chi connectivity index (χ1v) is 8.71. The Morgan fingerprint density at radius 3 is 2.75 bits per heavy atom. The van der Waals surface area contributed by atoms with Crippen LogP contribution in [0.3, 0.4) is 0 Å². The van der Waals surface area contributed by atoms with Gasteiger partial charge in [0.15, 0.2) is 6.61 Å². The number of amides is 3. The lowest BCUT2D eigenvalue weighted by molar-refractivity contribution is -0.131. The molecule has 0 fully saturated rings. The third kappa shape index (κ3) is 4.46. The van der Waals surface area contributed by atoms with E-state index in [1.807, 2.05) is 32.0 Å². The van der Waals surface area contributed by atoms with Gasteiger partial charge in [-0.3, -0.25) is 25.2 Å². The van der Waals surface area contributed by atoms with Gasteiger partial charge in [-0.15, -0.1) is 0 Å². The van der Waals surface area contributed by atoms with Gasteiger partial charge in [0.05, 0.1) is 5.92 Å². The van der Waals surface area contributed by atoms with Crippen molar-refractivity contribution in [2.75, 3.05) is 11.9 Å². The van der Waals surface area contributed by atoms with E-state index in [9.17, 15) is 18.8 Å². The summed E-state index contributed by atoms with van der Waals surface area (Å²) in [7, 11) is 0. The van der Waals surface area contributed by atoms with E-state index in [1.165, 1.54) is 12.1 Å². The van der Waals surface area contributed by atoms with E-state index in [0.29, 0.717) is 11.3 Å². The lowest BCUT2D eigenvalue weighted by atomic mass is 9.90. The van der Waals surface area contributed by atoms with Crippen molar-refractivity contribution in [2.24, 2.45) is 0 Å². The molecule has 7 nitrogen and oxygen atoms in total. The Hall–Kier alpha value is -3.42. The fourth-order valence-corrected chi connectivity index (χ4v) is 2.93. The molecule has 1 unspecified atom stereocenters. The van der Waals surface area contributed by atoms with Crippen molar-refractivity contribution in [2.45, 2.75) is 26.2 Å². The predicted molar refractivity (Wildman–Crippen MR) is 100 cm³/mol. The zero-order valence-electron chi connectivity index (χ0n) is 15.5. The molecule has 0 saturated heterocycles. The van der Waals surface area contributed by atoms with Gasteiger partial charge in [-0.05, 0) is 48.7 Å². The Kier molecular flexibility index (Phi) is 5.58. The number of nitrogens with one attached hydrogen (secondary N) is 3. The number of fused-ring (bicyclic) bond motifs is 1. The van der Waals surface area contributed by atoms with Gasteiger partial charge in [-0.2, -0.15) is 0 Å². The summed E-state index contributed by atoms with van der Waals surface area (Å²) in [6.45, 7) is 3.50. The summed E-state index contributed by atoms with van der Waals surface area (Å²) >= 11 is 0. The molecule has 1 aliphatic heterocycles. The molecule has 3 rings (SSSR count). The average molecular weight is 385 g/mol. The minimum atomic E-state index is -0.829. The molecule has 1 atom stereocenters. The Labute approximate surface area is 161 Å². The number of hydrogen-bond donors (Lipinski definition) is 3. The molecule has 0 spiro atoms. The zero-order chi connectivity index (χ0) is 20.3. The number of aryl methyl sites for hydroxylation is 2. The molecule has 0 bridgehead atoms. The van der Waals surface area contributed by atoms with Crippen LogP contribution in [0.1, 0.15) is 29.0 Å². The molecule has 3 N–H and O–H groups in total. The minimum Gasteiger partial charge on any atom is -0.483 e. The predicted octanol–water partition coefficient (Wildman–Crippen LogP) is 2.09. The van der Waals surface area contributed by atoms with Crippen molar-refractivity contribution in [3.8, 4) is 5.75 Å². The van der Waals surface area contributed by atoms with Crippen LogP contribution in [0.25, 0.3) is 0 Å². The summed E-state index contributed by atoms with van der Waals surface area (Å²) < 4.78 is 18.8. The van der Waals surface area contributed by atoms with Crippen molar-refractivity contribution in [3.05, 3.63) is 58.9 Å². The van der Waals surface area contributed by atoms with Crippen LogP contribution in [0.15, 0.2) is 36.4 Å². The molecule has 0 saturated carbocycles. The Balaban J connectivity index is 1.57. The highest BCUT2D eigenvalue weighted by Gasteiger charge is 2.31. The van der Waals surface area contributed by atoms with Crippen LogP contribution < -0.4 is 20.9 Å². The Morgan fingerprint density at radius 1 is 1.18 bits per heavy atom. The van der Waals surface area contributed by atoms with Crippen molar-refractivity contribution in [1.29, 1.82) is 0 Å². The van der Waals surface area contributed by atoms with Gasteiger partial charge < -0.3 is 10.1 Å². The van der Waals surface area contributed by atoms with Crippen LogP contribution in [0, 0.1) is 19.7 Å². The van der Waals surface area contributed by atoms with Gasteiger partial charge in [-0.1, -0.05) is 18.2 Å². The largest absolute Gasteiger partial charge is 0.483 e. The lowest BCUT2D eigenvalue weighted by Crippen LogP contribution is -2.47. The van der Waals surface area contributed by atoms with Gasteiger partial charge in [-0.25, -0.2) is 4.39 Å². The first-order chi connectivity index (χ1) is 13.3. The molecule has 146 valence electrons. The van der Waals surface area contributed by atoms with Crippen LogP contribution >= 0.6 is 0 Å². The summed E-state index contributed by atoms with van der Waals surface area (Å²) in [5.41, 5.74) is 7.19. The molecular formula is C20H20FN3O4. The molecule has 2 aromatic carbocycles. The van der Waals surface area contributed by atoms with Crippen molar-refractivity contribution >= 4 is 23.4 Å². The van der Waals surface area contributed by atoms with Crippen LogP contribution in [0.4, 0.5) is 10.1 Å². The molecule has 3 amide bonds. The highest BCUT2D eigenvalue weighted by molar-refractivity contribution is 6.01. The highest BCUT2D eigenvalue weighted by atomic mass is 19.1. The fourth-order valence-electron chi connectivity index (χ4n) is 2.93. The van der Waals surface area contributed by atoms with Crippen LogP contribution in [-0.2, 0) is 14.4 Å². The third-order valence-electron chi connectivity index (χ3n) is 4.40. The summed E-state index contributed by atoms with van der Waals surface area (Å²) in [5, 5.41) is 2.53. The molecule has 8 heteroatoms. The van der Waals surface area contributed by atoms with E-state index in [1.54, 1.807) is 0 Å². The van der Waals surface area contributed by atoms with Crippen LogP contribution in [0.5, 0.6) is 5.75 Å². The molecule has 28 heavy (non-hydrogen) atoms. The minimum absolute atomic E-state index is 0.0979. The summed E-state index contributed by atoms with van der Waals surface area (Å²) in [5.74, 6) is -2.28. The molecule has 1 heterocycles. The van der Waals surface area contributed by atoms with Crippen LogP contribution in [-0.4, -0.2) is 24.3 Å². The first kappa shape index (κ1) is 19.3. The number of benzene rings is 2. The van der Waals surface area contributed by atoms with Gasteiger partial charge in [0.1, 0.15) is 11.6 Å². The first-order valence-electron chi connectivity index (χ1n) is 8.71. The normalized spacial score (nSPS) is 15.2. The zero-order valence-corrected chi connectivity index (χ0v) is 15.5. The van der Waals surface area contributed by atoms with Gasteiger partial charge in [0, 0.05) is 12.1 Å². The smallest absolute Gasteiger partial charge is 0.276 e. The Morgan fingerprint density at radius 2 is 1.96 bits per heavy atom. The molecular weight excluding hydrogens is 365 g/mol. The lowest BCUT2D eigenvalue weighted by Gasteiger charge is -2.24. The number of rotatable bonds is 4. The molecule has 0 aromatic heterocycles. The van der Waals surface area contributed by atoms with E-state index in [0.717, 1.165) is 17.2 Å². The fraction of sp³-hybridized carbons (Fsp3) is 0.250.